The normalized spacial score (nSPS) is 15.1. The number of amidine groups is 2. The van der Waals surface area contributed by atoms with Gasteiger partial charge < -0.3 is 20.2 Å². The summed E-state index contributed by atoms with van der Waals surface area (Å²) >= 11 is 3.65. The van der Waals surface area contributed by atoms with Crippen LogP contribution in [0.4, 0.5) is 28.6 Å². The molecule has 0 spiro atoms. The van der Waals surface area contributed by atoms with Crippen molar-refractivity contribution in [1.29, 1.82) is 0 Å². The van der Waals surface area contributed by atoms with Crippen LogP contribution < -0.4 is 15.1 Å². The maximum absolute atomic E-state index is 11.3. The molecule has 44 heavy (non-hydrogen) atoms. The minimum Gasteiger partial charge on any atom is -0.508 e. The van der Waals surface area contributed by atoms with Crippen molar-refractivity contribution in [3.05, 3.63) is 118 Å². The fourth-order valence-electron chi connectivity index (χ4n) is 6.07. The molecule has 2 aliphatic heterocycles. The van der Waals surface area contributed by atoms with Gasteiger partial charge in [0.1, 0.15) is 5.75 Å². The largest absolute Gasteiger partial charge is 0.508 e. The van der Waals surface area contributed by atoms with Gasteiger partial charge in [0.25, 0.3) is 0 Å². The molecule has 5 aromatic rings. The zero-order valence-electron chi connectivity index (χ0n) is 24.7. The van der Waals surface area contributed by atoms with Gasteiger partial charge in [0.05, 0.1) is 28.8 Å². The molecule has 2 N–H and O–H groups in total. The summed E-state index contributed by atoms with van der Waals surface area (Å²) in [6.07, 6.45) is 0. The van der Waals surface area contributed by atoms with Crippen LogP contribution in [0.2, 0.25) is 0 Å². The standard InChI is InChI=1S/C35H32BrN7O/c1-4-41(5-2)25-18-16-24(17-19-25)37-33-35-39-34-31(22(3)40-43(34)26-11-7-6-8-12-26)32(27-21-23(36)15-20-30(27)44)42(35)29-14-10-9-13-28(29)38-33/h6-21,32,44H,4-5H2,1-3H3,(H,37,38)/t32-/m0/s1. The predicted octanol–water partition coefficient (Wildman–Crippen LogP) is 8.29. The third-order valence-electron chi connectivity index (χ3n) is 8.18. The number of aromatic hydroxyl groups is 1. The van der Waals surface area contributed by atoms with Gasteiger partial charge in [0.2, 0.25) is 0 Å². The molecule has 9 heteroatoms. The molecule has 0 saturated carbocycles. The highest BCUT2D eigenvalue weighted by Gasteiger charge is 2.42. The number of hydrogen-bond donors (Lipinski definition) is 2. The first-order chi connectivity index (χ1) is 21.5. The molecule has 0 radical (unpaired) electrons. The van der Waals surface area contributed by atoms with Crippen LogP contribution in [0.25, 0.3) is 5.69 Å². The lowest BCUT2D eigenvalue weighted by Crippen LogP contribution is -2.46. The number of halogens is 1. The molecule has 4 aromatic carbocycles. The Labute approximate surface area is 265 Å². The molecule has 0 amide bonds. The smallest absolute Gasteiger partial charge is 0.179 e. The number of aryl methyl sites for hydroxylation is 1. The average Bonchev–Trinajstić information content (AvgIpc) is 3.39. The van der Waals surface area contributed by atoms with E-state index >= 15 is 0 Å². The van der Waals surface area contributed by atoms with Crippen molar-refractivity contribution in [2.45, 2.75) is 26.8 Å². The zero-order valence-corrected chi connectivity index (χ0v) is 26.3. The number of aromatic nitrogens is 2. The number of hydrogen-bond acceptors (Lipinski definition) is 7. The van der Waals surface area contributed by atoms with E-state index in [-0.39, 0.29) is 5.75 Å². The van der Waals surface area contributed by atoms with Crippen LogP contribution in [-0.2, 0) is 0 Å². The van der Waals surface area contributed by atoms with Crippen LogP contribution in [0.15, 0.2) is 112 Å². The van der Waals surface area contributed by atoms with Crippen LogP contribution in [0.1, 0.15) is 36.7 Å². The number of aliphatic imine (C=N–C) groups is 2. The van der Waals surface area contributed by atoms with Gasteiger partial charge in [-0.25, -0.2) is 14.7 Å². The summed E-state index contributed by atoms with van der Waals surface area (Å²) in [5.74, 6) is 2.15. The molecule has 220 valence electrons. The molecule has 1 aromatic heterocycles. The Morgan fingerprint density at radius 1 is 0.886 bits per heavy atom. The monoisotopic (exact) mass is 645 g/mol. The molecule has 0 saturated heterocycles. The summed E-state index contributed by atoms with van der Waals surface area (Å²) in [4.78, 5) is 14.9. The van der Waals surface area contributed by atoms with Crippen molar-refractivity contribution in [3.8, 4) is 11.4 Å². The summed E-state index contributed by atoms with van der Waals surface area (Å²) in [5.41, 5.74) is 7.18. The molecule has 1 atom stereocenters. The second-order valence-corrected chi connectivity index (χ2v) is 11.7. The van der Waals surface area contributed by atoms with Crippen LogP contribution in [0.5, 0.6) is 5.75 Å². The topological polar surface area (TPSA) is 81.3 Å². The summed E-state index contributed by atoms with van der Waals surface area (Å²) < 4.78 is 2.75. The van der Waals surface area contributed by atoms with Crippen LogP contribution in [0, 0.1) is 6.92 Å². The van der Waals surface area contributed by atoms with Gasteiger partial charge in [-0.1, -0.05) is 46.3 Å². The van der Waals surface area contributed by atoms with E-state index in [0.717, 1.165) is 57.1 Å². The van der Waals surface area contributed by atoms with Crippen molar-refractivity contribution in [3.63, 3.8) is 0 Å². The van der Waals surface area contributed by atoms with E-state index in [4.69, 9.17) is 15.1 Å². The number of rotatable bonds is 6. The van der Waals surface area contributed by atoms with E-state index in [9.17, 15) is 5.11 Å². The highest BCUT2D eigenvalue weighted by atomic mass is 79.9. The summed E-state index contributed by atoms with van der Waals surface area (Å²) in [7, 11) is 0. The van der Waals surface area contributed by atoms with Gasteiger partial charge in [0.15, 0.2) is 17.5 Å². The predicted molar refractivity (Wildman–Crippen MR) is 183 cm³/mol. The number of para-hydroxylation sites is 3. The van der Waals surface area contributed by atoms with Gasteiger partial charge in [0, 0.05) is 40.1 Å². The van der Waals surface area contributed by atoms with Crippen molar-refractivity contribution in [1.82, 2.24) is 9.78 Å². The van der Waals surface area contributed by atoms with Gasteiger partial charge in [-0.15, -0.1) is 0 Å². The Kier molecular flexibility index (Phi) is 7.18. The SMILES string of the molecule is CCN(CC)c1ccc(NC2=Nc3ccccc3N3C2=Nc2c(c(C)nn2-c2ccccc2)[C@@H]3c2cc(Br)ccc2O)cc1. The average molecular weight is 647 g/mol. The van der Waals surface area contributed by atoms with Crippen LogP contribution in [-0.4, -0.2) is 39.6 Å². The van der Waals surface area contributed by atoms with Crippen molar-refractivity contribution < 1.29 is 5.11 Å². The highest BCUT2D eigenvalue weighted by molar-refractivity contribution is 9.10. The van der Waals surface area contributed by atoms with E-state index < -0.39 is 6.04 Å². The Morgan fingerprint density at radius 3 is 2.36 bits per heavy atom. The number of fused-ring (bicyclic) bond motifs is 4. The number of nitrogens with one attached hydrogen (secondary N) is 1. The molecule has 0 bridgehead atoms. The third kappa shape index (κ3) is 4.73. The lowest BCUT2D eigenvalue weighted by atomic mass is 9.92. The molecule has 0 unspecified atom stereocenters. The minimum atomic E-state index is -0.425. The van der Waals surface area contributed by atoms with Crippen molar-refractivity contribution in [2.24, 2.45) is 9.98 Å². The number of nitrogens with zero attached hydrogens (tertiary/aromatic N) is 6. The Hall–Kier alpha value is -4.89. The van der Waals surface area contributed by atoms with Crippen molar-refractivity contribution in [2.75, 3.05) is 28.2 Å². The van der Waals surface area contributed by atoms with Gasteiger partial charge in [-0.05, 0) is 87.5 Å². The molecule has 7 rings (SSSR count). The van der Waals surface area contributed by atoms with E-state index in [0.29, 0.717) is 17.5 Å². The summed E-state index contributed by atoms with van der Waals surface area (Å²) in [6, 6.07) is 31.6. The minimum absolute atomic E-state index is 0.193. The molecule has 0 fully saturated rings. The zero-order chi connectivity index (χ0) is 30.4. The van der Waals surface area contributed by atoms with Crippen molar-refractivity contribution >= 4 is 56.2 Å². The Balaban J connectivity index is 1.44. The molecule has 0 aliphatic carbocycles. The first-order valence-corrected chi connectivity index (χ1v) is 15.6. The maximum Gasteiger partial charge on any atom is 0.179 e. The first kappa shape index (κ1) is 27.9. The quantitative estimate of drug-likeness (QED) is 0.194. The Bertz CT molecular complexity index is 1910. The molecular formula is C35H32BrN7O. The first-order valence-electron chi connectivity index (χ1n) is 14.8. The van der Waals surface area contributed by atoms with Gasteiger partial charge in [-0.3, -0.25) is 0 Å². The molecular weight excluding hydrogens is 614 g/mol. The summed E-state index contributed by atoms with van der Waals surface area (Å²) in [5, 5.41) is 19.9. The highest BCUT2D eigenvalue weighted by Crippen LogP contribution is 2.50. The summed E-state index contributed by atoms with van der Waals surface area (Å²) in [6.45, 7) is 8.21. The van der Waals surface area contributed by atoms with E-state index in [1.807, 2.05) is 78.3 Å². The Morgan fingerprint density at radius 2 is 1.61 bits per heavy atom. The lowest BCUT2D eigenvalue weighted by molar-refractivity contribution is 0.465. The van der Waals surface area contributed by atoms with Crippen LogP contribution in [0.3, 0.4) is 0 Å². The van der Waals surface area contributed by atoms with Gasteiger partial charge >= 0.3 is 0 Å². The third-order valence-corrected chi connectivity index (χ3v) is 8.68. The van der Waals surface area contributed by atoms with Crippen LogP contribution >= 0.6 is 15.9 Å². The fraction of sp³-hybridized carbons (Fsp3) is 0.171. The van der Waals surface area contributed by atoms with Gasteiger partial charge in [-0.2, -0.15) is 5.10 Å². The van der Waals surface area contributed by atoms with E-state index in [1.54, 1.807) is 6.07 Å². The molecule has 2 aliphatic rings. The van der Waals surface area contributed by atoms with E-state index in [1.165, 1.54) is 5.69 Å². The number of phenols is 1. The second-order valence-electron chi connectivity index (χ2n) is 10.8. The number of benzene rings is 4. The fourth-order valence-corrected chi connectivity index (χ4v) is 6.45. The lowest BCUT2D eigenvalue weighted by Gasteiger charge is -2.40. The molecule has 8 nitrogen and oxygen atoms in total. The number of anilines is 3. The maximum atomic E-state index is 11.3. The number of phenolic OH excluding ortho intramolecular Hbond substituents is 1. The molecule has 3 heterocycles. The second kappa shape index (κ2) is 11.3. The van der Waals surface area contributed by atoms with E-state index in [2.05, 4.69) is 69.2 Å².